The number of rotatable bonds is 5. The van der Waals surface area contributed by atoms with Gasteiger partial charge in [-0.15, -0.1) is 0 Å². The van der Waals surface area contributed by atoms with Crippen molar-refractivity contribution in [2.45, 2.75) is 38.6 Å². The summed E-state index contributed by atoms with van der Waals surface area (Å²) in [4.78, 5) is 17.1. The Labute approximate surface area is 153 Å². The van der Waals surface area contributed by atoms with E-state index in [0.717, 1.165) is 28.5 Å². The molecular formula is C18H18BrN3O3. The predicted molar refractivity (Wildman–Crippen MR) is 95.2 cm³/mol. The Balaban J connectivity index is 1.56. The third kappa shape index (κ3) is 3.33. The number of nitrogens with one attached hydrogen (secondary N) is 1. The Morgan fingerprint density at radius 1 is 1.32 bits per heavy atom. The first kappa shape index (κ1) is 16.3. The second kappa shape index (κ2) is 6.29. The summed E-state index contributed by atoms with van der Waals surface area (Å²) in [6.45, 7) is 4.00. The van der Waals surface area contributed by atoms with Gasteiger partial charge in [0.25, 0.3) is 5.91 Å². The van der Waals surface area contributed by atoms with Gasteiger partial charge in [-0.25, -0.2) is 0 Å². The van der Waals surface area contributed by atoms with Crippen molar-refractivity contribution in [1.82, 2.24) is 15.5 Å². The van der Waals surface area contributed by atoms with E-state index in [1.54, 1.807) is 6.07 Å². The number of fused-ring (bicyclic) bond motifs is 1. The maximum atomic E-state index is 12.6. The molecule has 1 saturated carbocycles. The molecule has 6 nitrogen and oxygen atoms in total. The van der Waals surface area contributed by atoms with Crippen LogP contribution in [0, 0.1) is 5.92 Å². The van der Waals surface area contributed by atoms with Crippen LogP contribution in [0.4, 0.5) is 0 Å². The molecule has 0 bridgehead atoms. The molecule has 0 saturated heterocycles. The molecule has 2 aromatic heterocycles. The van der Waals surface area contributed by atoms with Crippen molar-refractivity contribution in [2.75, 3.05) is 0 Å². The number of aromatic nitrogens is 2. The van der Waals surface area contributed by atoms with Crippen LogP contribution in [0.15, 0.2) is 37.7 Å². The molecule has 1 N–H and O–H groups in total. The van der Waals surface area contributed by atoms with E-state index in [2.05, 4.69) is 31.4 Å². The number of furan rings is 1. The van der Waals surface area contributed by atoms with Crippen LogP contribution >= 0.6 is 15.9 Å². The van der Waals surface area contributed by atoms with Crippen LogP contribution in [0.2, 0.25) is 0 Å². The minimum atomic E-state index is -0.354. The van der Waals surface area contributed by atoms with Gasteiger partial charge in [-0.1, -0.05) is 34.9 Å². The predicted octanol–water partition coefficient (Wildman–Crippen LogP) is 4.58. The molecule has 1 unspecified atom stereocenters. The Morgan fingerprint density at radius 3 is 2.84 bits per heavy atom. The normalized spacial score (nSPS) is 15.7. The van der Waals surface area contributed by atoms with E-state index in [1.807, 2.05) is 32.0 Å². The highest BCUT2D eigenvalue weighted by Gasteiger charge is 2.32. The molecule has 4 rings (SSSR count). The summed E-state index contributed by atoms with van der Waals surface area (Å²) in [7, 11) is 0. The van der Waals surface area contributed by atoms with E-state index in [0.29, 0.717) is 17.4 Å². The zero-order valence-electron chi connectivity index (χ0n) is 14.0. The van der Waals surface area contributed by atoms with E-state index >= 15 is 0 Å². The minimum Gasteiger partial charge on any atom is -0.451 e. The second-order valence-electron chi connectivity index (χ2n) is 6.75. The van der Waals surface area contributed by atoms with Crippen molar-refractivity contribution in [1.29, 1.82) is 0 Å². The molecular weight excluding hydrogens is 386 g/mol. The zero-order valence-corrected chi connectivity index (χ0v) is 15.5. The van der Waals surface area contributed by atoms with Crippen LogP contribution in [0.3, 0.4) is 0 Å². The Morgan fingerprint density at radius 2 is 2.12 bits per heavy atom. The fourth-order valence-corrected chi connectivity index (χ4v) is 3.11. The monoisotopic (exact) mass is 403 g/mol. The van der Waals surface area contributed by atoms with Crippen LogP contribution in [0.25, 0.3) is 11.0 Å². The second-order valence-corrected chi connectivity index (χ2v) is 7.67. The summed E-state index contributed by atoms with van der Waals surface area (Å²) in [5.74, 6) is 1.68. The van der Waals surface area contributed by atoms with E-state index in [9.17, 15) is 4.79 Å². The average Bonchev–Trinajstić information content (AvgIpc) is 3.16. The largest absolute Gasteiger partial charge is 0.451 e. The Kier molecular flexibility index (Phi) is 4.11. The quantitative estimate of drug-likeness (QED) is 0.673. The fourth-order valence-electron chi connectivity index (χ4n) is 2.73. The lowest BCUT2D eigenvalue weighted by molar-refractivity contribution is 0.0888. The molecule has 1 atom stereocenters. The molecule has 0 spiro atoms. The van der Waals surface area contributed by atoms with Crippen LogP contribution in [-0.2, 0) is 0 Å². The van der Waals surface area contributed by atoms with Crippen molar-refractivity contribution in [2.24, 2.45) is 5.92 Å². The van der Waals surface area contributed by atoms with Crippen LogP contribution < -0.4 is 5.32 Å². The Bertz CT molecular complexity index is 927. The highest BCUT2D eigenvalue weighted by atomic mass is 79.9. The average molecular weight is 404 g/mol. The number of hydrogen-bond donors (Lipinski definition) is 1. The summed E-state index contributed by atoms with van der Waals surface area (Å²) in [6, 6.07) is 7.00. The molecule has 2 heterocycles. The lowest BCUT2D eigenvalue weighted by atomic mass is 10.0. The third-order valence-electron chi connectivity index (χ3n) is 4.32. The van der Waals surface area contributed by atoms with Crippen LogP contribution in [0.1, 0.15) is 60.9 Å². The number of nitrogens with zero attached hydrogens (tertiary/aromatic N) is 2. The number of carbonyl (C=O) groups is 1. The summed E-state index contributed by atoms with van der Waals surface area (Å²) < 4.78 is 12.0. The van der Waals surface area contributed by atoms with E-state index < -0.39 is 0 Å². The van der Waals surface area contributed by atoms with Gasteiger partial charge in [0.05, 0.1) is 0 Å². The van der Waals surface area contributed by atoms with Gasteiger partial charge < -0.3 is 14.3 Å². The van der Waals surface area contributed by atoms with Gasteiger partial charge >= 0.3 is 0 Å². The summed E-state index contributed by atoms with van der Waals surface area (Å²) in [6.07, 6.45) is 2.21. The Hall–Kier alpha value is -2.15. The first-order valence-electron chi connectivity index (χ1n) is 8.34. The molecule has 0 aliphatic heterocycles. The molecule has 1 aliphatic rings. The summed E-state index contributed by atoms with van der Waals surface area (Å²) >= 11 is 3.42. The van der Waals surface area contributed by atoms with Crippen LogP contribution in [-0.4, -0.2) is 16.0 Å². The maximum absolute atomic E-state index is 12.6. The number of hydrogen-bond acceptors (Lipinski definition) is 5. The van der Waals surface area contributed by atoms with Crippen molar-refractivity contribution >= 4 is 32.8 Å². The number of halogens is 1. The molecule has 130 valence electrons. The van der Waals surface area contributed by atoms with Crippen molar-refractivity contribution in [3.63, 3.8) is 0 Å². The van der Waals surface area contributed by atoms with Gasteiger partial charge in [0.15, 0.2) is 11.6 Å². The van der Waals surface area contributed by atoms with E-state index in [4.69, 9.17) is 8.94 Å². The van der Waals surface area contributed by atoms with Crippen molar-refractivity contribution in [3.8, 4) is 0 Å². The molecule has 7 heteroatoms. The zero-order chi connectivity index (χ0) is 17.6. The smallest absolute Gasteiger partial charge is 0.287 e. The first-order chi connectivity index (χ1) is 12.0. The third-order valence-corrected chi connectivity index (χ3v) is 4.81. The SMILES string of the molecule is CC(C)C(NC(=O)c1cc2cc(Br)ccc2o1)c1nc(C2CC2)no1. The summed E-state index contributed by atoms with van der Waals surface area (Å²) in [5.41, 5.74) is 0.670. The molecule has 3 aromatic rings. The first-order valence-corrected chi connectivity index (χ1v) is 9.14. The lowest BCUT2D eigenvalue weighted by Gasteiger charge is -2.17. The minimum absolute atomic E-state index is 0.106. The van der Waals surface area contributed by atoms with Crippen molar-refractivity contribution < 1.29 is 13.7 Å². The highest BCUT2D eigenvalue weighted by molar-refractivity contribution is 9.10. The van der Waals surface area contributed by atoms with Crippen LogP contribution in [0.5, 0.6) is 0 Å². The molecule has 1 aromatic carbocycles. The van der Waals surface area contributed by atoms with Crippen molar-refractivity contribution in [3.05, 3.63) is 46.2 Å². The van der Waals surface area contributed by atoms with Gasteiger partial charge in [-0.3, -0.25) is 4.79 Å². The van der Waals surface area contributed by atoms with Gasteiger partial charge in [-0.2, -0.15) is 4.98 Å². The maximum Gasteiger partial charge on any atom is 0.287 e. The fraction of sp³-hybridized carbons (Fsp3) is 0.389. The molecule has 1 amide bonds. The lowest BCUT2D eigenvalue weighted by Crippen LogP contribution is -2.31. The molecule has 1 fully saturated rings. The summed E-state index contributed by atoms with van der Waals surface area (Å²) in [5, 5.41) is 7.87. The van der Waals surface area contributed by atoms with Gasteiger partial charge in [-0.05, 0) is 43.0 Å². The van der Waals surface area contributed by atoms with E-state index in [1.165, 1.54) is 0 Å². The van der Waals surface area contributed by atoms with Gasteiger partial charge in [0.1, 0.15) is 11.6 Å². The number of amides is 1. The standard InChI is InChI=1S/C18H18BrN3O3/c1-9(2)15(18-21-16(22-25-18)10-3-4-10)20-17(23)14-8-11-7-12(19)5-6-13(11)24-14/h5-10,15H,3-4H2,1-2H3,(H,20,23). The highest BCUT2D eigenvalue weighted by Crippen LogP contribution is 2.38. The molecule has 0 radical (unpaired) electrons. The van der Waals surface area contributed by atoms with Gasteiger partial charge in [0, 0.05) is 15.8 Å². The number of benzene rings is 1. The molecule has 1 aliphatic carbocycles. The molecule has 25 heavy (non-hydrogen) atoms. The van der Waals surface area contributed by atoms with E-state index in [-0.39, 0.29) is 23.6 Å². The topological polar surface area (TPSA) is 81.2 Å². The number of carbonyl (C=O) groups excluding carboxylic acids is 1. The van der Waals surface area contributed by atoms with Gasteiger partial charge in [0.2, 0.25) is 5.89 Å².